The first-order chi connectivity index (χ1) is 15.1. The Kier molecular flexibility index (Phi) is 8.40. The van der Waals surface area contributed by atoms with Crippen LogP contribution in [-0.2, 0) is 13.1 Å². The van der Waals surface area contributed by atoms with Gasteiger partial charge < -0.3 is 10.5 Å². The molecule has 0 amide bonds. The van der Waals surface area contributed by atoms with E-state index in [9.17, 15) is 4.79 Å². The SMILES string of the molecule is CCC(c1ncc(OC)c(=O)n1Cc1ccccc1)N(CCN)Cc1ccc(Br)cc1. The van der Waals surface area contributed by atoms with Gasteiger partial charge in [0.05, 0.1) is 25.9 Å². The van der Waals surface area contributed by atoms with Crippen molar-refractivity contribution in [3.8, 4) is 5.75 Å². The number of methoxy groups -OCH3 is 1. The smallest absolute Gasteiger partial charge is 0.296 e. The van der Waals surface area contributed by atoms with Gasteiger partial charge in [-0.2, -0.15) is 0 Å². The third-order valence-electron chi connectivity index (χ3n) is 5.29. The molecule has 3 rings (SSSR count). The average molecular weight is 485 g/mol. The monoisotopic (exact) mass is 484 g/mol. The Hall–Kier alpha value is -2.48. The van der Waals surface area contributed by atoms with Crippen molar-refractivity contribution in [3.05, 3.63) is 92.6 Å². The summed E-state index contributed by atoms with van der Waals surface area (Å²) in [5.41, 5.74) is 8.00. The van der Waals surface area contributed by atoms with Crippen molar-refractivity contribution in [1.82, 2.24) is 14.5 Å². The van der Waals surface area contributed by atoms with Gasteiger partial charge in [-0.1, -0.05) is 65.3 Å². The van der Waals surface area contributed by atoms with Crippen LogP contribution in [0.4, 0.5) is 0 Å². The Balaban J connectivity index is 2.02. The van der Waals surface area contributed by atoms with Crippen LogP contribution in [0.2, 0.25) is 0 Å². The van der Waals surface area contributed by atoms with E-state index in [1.807, 2.05) is 42.5 Å². The molecule has 6 nitrogen and oxygen atoms in total. The fraction of sp³-hybridized carbons (Fsp3) is 0.333. The maximum absolute atomic E-state index is 13.2. The number of halogens is 1. The molecule has 2 aromatic carbocycles. The van der Waals surface area contributed by atoms with Crippen LogP contribution in [0.5, 0.6) is 5.75 Å². The minimum Gasteiger partial charge on any atom is -0.490 e. The van der Waals surface area contributed by atoms with Crippen molar-refractivity contribution in [2.75, 3.05) is 20.2 Å². The van der Waals surface area contributed by atoms with Crippen LogP contribution >= 0.6 is 15.9 Å². The van der Waals surface area contributed by atoms with E-state index in [4.69, 9.17) is 10.5 Å². The zero-order valence-electron chi connectivity index (χ0n) is 18.0. The van der Waals surface area contributed by atoms with Gasteiger partial charge in [-0.15, -0.1) is 0 Å². The summed E-state index contributed by atoms with van der Waals surface area (Å²) in [7, 11) is 1.50. The lowest BCUT2D eigenvalue weighted by atomic mass is 10.1. The van der Waals surface area contributed by atoms with Crippen molar-refractivity contribution in [2.24, 2.45) is 5.73 Å². The van der Waals surface area contributed by atoms with Gasteiger partial charge in [-0.25, -0.2) is 4.98 Å². The second-order valence-electron chi connectivity index (χ2n) is 7.37. The molecule has 0 saturated carbocycles. The molecule has 2 N–H and O–H groups in total. The van der Waals surface area contributed by atoms with Crippen LogP contribution in [0.25, 0.3) is 0 Å². The lowest BCUT2D eigenvalue weighted by Gasteiger charge is -2.32. The molecule has 31 heavy (non-hydrogen) atoms. The van der Waals surface area contributed by atoms with Gasteiger partial charge >= 0.3 is 0 Å². The maximum atomic E-state index is 13.2. The molecule has 1 heterocycles. The van der Waals surface area contributed by atoms with Crippen molar-refractivity contribution in [2.45, 2.75) is 32.5 Å². The number of ether oxygens (including phenoxy) is 1. The topological polar surface area (TPSA) is 73.4 Å². The second kappa shape index (κ2) is 11.2. The van der Waals surface area contributed by atoms with E-state index in [-0.39, 0.29) is 17.4 Å². The summed E-state index contributed by atoms with van der Waals surface area (Å²) >= 11 is 3.49. The Morgan fingerprint density at radius 2 is 1.84 bits per heavy atom. The Morgan fingerprint density at radius 3 is 2.45 bits per heavy atom. The van der Waals surface area contributed by atoms with Crippen molar-refractivity contribution in [3.63, 3.8) is 0 Å². The van der Waals surface area contributed by atoms with Gasteiger partial charge in [-0.3, -0.25) is 14.3 Å². The third-order valence-corrected chi connectivity index (χ3v) is 5.82. The predicted octanol–water partition coefficient (Wildman–Crippen LogP) is 3.97. The molecule has 3 aromatic rings. The van der Waals surface area contributed by atoms with Crippen LogP contribution in [0.1, 0.15) is 36.3 Å². The predicted molar refractivity (Wildman–Crippen MR) is 127 cm³/mol. The Morgan fingerprint density at radius 1 is 1.13 bits per heavy atom. The molecule has 0 radical (unpaired) electrons. The molecular weight excluding hydrogens is 456 g/mol. The first kappa shape index (κ1) is 23.2. The molecule has 1 unspecified atom stereocenters. The first-order valence-corrected chi connectivity index (χ1v) is 11.2. The van der Waals surface area contributed by atoms with E-state index >= 15 is 0 Å². The molecule has 0 fully saturated rings. The minimum atomic E-state index is -0.175. The van der Waals surface area contributed by atoms with Crippen LogP contribution < -0.4 is 16.0 Å². The molecule has 0 aliphatic rings. The maximum Gasteiger partial charge on any atom is 0.296 e. The van der Waals surface area contributed by atoms with Crippen molar-refractivity contribution < 1.29 is 4.74 Å². The minimum absolute atomic E-state index is 0.0606. The van der Waals surface area contributed by atoms with Gasteiger partial charge in [0.2, 0.25) is 5.75 Å². The number of rotatable bonds is 10. The number of hydrogen-bond acceptors (Lipinski definition) is 5. The normalized spacial score (nSPS) is 12.2. The summed E-state index contributed by atoms with van der Waals surface area (Å²) in [5, 5.41) is 0. The summed E-state index contributed by atoms with van der Waals surface area (Å²) < 4.78 is 8.05. The largest absolute Gasteiger partial charge is 0.490 e. The highest BCUT2D eigenvalue weighted by atomic mass is 79.9. The molecule has 1 atom stereocenters. The Bertz CT molecular complexity index is 1020. The molecule has 0 saturated heterocycles. The van der Waals surface area contributed by atoms with E-state index in [2.05, 4.69) is 44.9 Å². The third kappa shape index (κ3) is 5.81. The quantitative estimate of drug-likeness (QED) is 0.471. The van der Waals surface area contributed by atoms with Crippen LogP contribution in [0.3, 0.4) is 0 Å². The number of hydrogen-bond donors (Lipinski definition) is 1. The number of nitrogens with zero attached hydrogens (tertiary/aromatic N) is 3. The summed E-state index contributed by atoms with van der Waals surface area (Å²) in [6.45, 7) is 4.48. The second-order valence-corrected chi connectivity index (χ2v) is 8.29. The zero-order valence-corrected chi connectivity index (χ0v) is 19.6. The van der Waals surface area contributed by atoms with E-state index in [0.717, 1.165) is 28.8 Å². The number of benzene rings is 2. The number of aromatic nitrogens is 2. The van der Waals surface area contributed by atoms with Gasteiger partial charge in [0.15, 0.2) is 0 Å². The fourth-order valence-electron chi connectivity index (χ4n) is 3.75. The van der Waals surface area contributed by atoms with Gasteiger partial charge in [0, 0.05) is 24.1 Å². The van der Waals surface area contributed by atoms with E-state index in [1.165, 1.54) is 18.9 Å². The molecule has 7 heteroatoms. The highest BCUT2D eigenvalue weighted by Gasteiger charge is 2.25. The number of nitrogens with two attached hydrogens (primary N) is 1. The van der Waals surface area contributed by atoms with Crippen LogP contribution in [0.15, 0.2) is 70.1 Å². The standard InChI is InChI=1S/C24H29BrN4O2/c1-3-21(28(14-13-26)16-19-9-11-20(25)12-10-19)23-27-15-22(31-2)24(30)29(23)17-18-7-5-4-6-8-18/h4-12,15,21H,3,13-14,16-17,26H2,1-2H3. The van der Waals surface area contributed by atoms with Crippen molar-refractivity contribution >= 4 is 15.9 Å². The first-order valence-electron chi connectivity index (χ1n) is 10.4. The van der Waals surface area contributed by atoms with Crippen LogP contribution in [-0.4, -0.2) is 34.7 Å². The molecule has 0 spiro atoms. The summed E-state index contributed by atoms with van der Waals surface area (Å²) in [4.78, 5) is 20.1. The molecule has 0 bridgehead atoms. The fourth-order valence-corrected chi connectivity index (χ4v) is 4.02. The lowest BCUT2D eigenvalue weighted by molar-refractivity contribution is 0.175. The van der Waals surface area contributed by atoms with Gasteiger partial charge in [0.25, 0.3) is 5.56 Å². The van der Waals surface area contributed by atoms with Gasteiger partial charge in [0.1, 0.15) is 5.82 Å². The molecule has 1 aromatic heterocycles. The molecular formula is C24H29BrN4O2. The molecule has 0 aliphatic carbocycles. The van der Waals surface area contributed by atoms with E-state index in [0.29, 0.717) is 19.6 Å². The molecule has 0 aliphatic heterocycles. The average Bonchev–Trinajstić information content (AvgIpc) is 2.79. The lowest BCUT2D eigenvalue weighted by Crippen LogP contribution is -2.37. The summed E-state index contributed by atoms with van der Waals surface area (Å²) in [6, 6.07) is 18.1. The van der Waals surface area contributed by atoms with Crippen LogP contribution in [0, 0.1) is 0 Å². The zero-order chi connectivity index (χ0) is 22.2. The Labute approximate surface area is 191 Å². The van der Waals surface area contributed by atoms with Crippen molar-refractivity contribution in [1.29, 1.82) is 0 Å². The highest BCUT2D eigenvalue weighted by molar-refractivity contribution is 9.10. The summed E-state index contributed by atoms with van der Waals surface area (Å²) in [6.07, 6.45) is 2.33. The highest BCUT2D eigenvalue weighted by Crippen LogP contribution is 2.25. The van der Waals surface area contributed by atoms with E-state index < -0.39 is 0 Å². The summed E-state index contributed by atoms with van der Waals surface area (Å²) in [5.74, 6) is 0.968. The van der Waals surface area contributed by atoms with Gasteiger partial charge in [-0.05, 0) is 29.7 Å². The van der Waals surface area contributed by atoms with E-state index in [1.54, 1.807) is 4.57 Å². The molecule has 164 valence electrons.